The number of fused-ring (bicyclic) bond motifs is 1. The van der Waals surface area contributed by atoms with Gasteiger partial charge in [-0.3, -0.25) is 9.55 Å². The maximum Gasteiger partial charge on any atom is 0.225 e. The Morgan fingerprint density at radius 3 is 2.88 bits per heavy atom. The first-order valence-electron chi connectivity index (χ1n) is 5.20. The lowest BCUT2D eigenvalue weighted by Gasteiger charge is -2.06. The van der Waals surface area contributed by atoms with E-state index in [0.717, 1.165) is 16.5 Å². The first-order chi connectivity index (χ1) is 8.34. The van der Waals surface area contributed by atoms with Crippen molar-refractivity contribution in [3.05, 3.63) is 53.7 Å². The van der Waals surface area contributed by atoms with Gasteiger partial charge in [-0.1, -0.05) is 24.3 Å². The zero-order valence-corrected chi connectivity index (χ0v) is 9.67. The molecule has 3 rings (SSSR count). The van der Waals surface area contributed by atoms with Gasteiger partial charge in [-0.2, -0.15) is 0 Å². The molecule has 0 aliphatic rings. The molecule has 0 saturated heterocycles. The molecule has 0 aliphatic carbocycles. The fraction of sp³-hybridized carbons (Fsp3) is 0.0833. The summed E-state index contributed by atoms with van der Waals surface area (Å²) in [5, 5.41) is 9.02. The topological polar surface area (TPSA) is 43.6 Å². The number of hydrogen-bond acceptors (Lipinski definition) is 3. The molecule has 0 aliphatic heterocycles. The number of benzene rings is 1. The zero-order valence-electron chi connectivity index (χ0n) is 8.92. The van der Waals surface area contributed by atoms with Crippen molar-refractivity contribution in [1.29, 1.82) is 0 Å². The maximum absolute atomic E-state index is 5.91. The fourth-order valence-corrected chi connectivity index (χ4v) is 1.97. The summed E-state index contributed by atoms with van der Waals surface area (Å²) in [7, 11) is 0. The van der Waals surface area contributed by atoms with Crippen LogP contribution in [0.5, 0.6) is 0 Å². The van der Waals surface area contributed by atoms with Gasteiger partial charge in [0, 0.05) is 11.6 Å². The van der Waals surface area contributed by atoms with E-state index in [1.807, 2.05) is 30.3 Å². The molecule has 0 saturated carbocycles. The lowest BCUT2D eigenvalue weighted by Crippen LogP contribution is -1.99. The Bertz CT molecular complexity index is 657. The normalized spacial score (nSPS) is 10.9. The summed E-state index contributed by atoms with van der Waals surface area (Å²) in [5.41, 5.74) is 2.09. The van der Waals surface area contributed by atoms with E-state index < -0.39 is 0 Å². The van der Waals surface area contributed by atoms with Crippen molar-refractivity contribution in [3.8, 4) is 0 Å². The molecule has 0 bridgehead atoms. The average Bonchev–Trinajstić information content (AvgIpc) is 2.76. The van der Waals surface area contributed by atoms with E-state index in [1.165, 1.54) is 0 Å². The summed E-state index contributed by atoms with van der Waals surface area (Å²) in [6, 6.07) is 10.1. The molecule has 5 heteroatoms. The largest absolute Gasteiger partial charge is 0.300 e. The van der Waals surface area contributed by atoms with E-state index in [9.17, 15) is 0 Å². The molecule has 0 fully saturated rings. The van der Waals surface area contributed by atoms with E-state index in [1.54, 1.807) is 17.1 Å². The van der Waals surface area contributed by atoms with Crippen LogP contribution in [-0.2, 0) is 6.54 Å². The maximum atomic E-state index is 5.91. The van der Waals surface area contributed by atoms with Crippen molar-refractivity contribution < 1.29 is 0 Å². The highest BCUT2D eigenvalue weighted by Crippen LogP contribution is 2.18. The SMILES string of the molecule is Clc1nncn1Cc1cccc2cccnc12. The van der Waals surface area contributed by atoms with E-state index in [2.05, 4.69) is 15.2 Å². The van der Waals surface area contributed by atoms with Crippen LogP contribution in [0.1, 0.15) is 5.56 Å². The summed E-state index contributed by atoms with van der Waals surface area (Å²) < 4.78 is 1.78. The number of para-hydroxylation sites is 1. The summed E-state index contributed by atoms with van der Waals surface area (Å²) in [6.07, 6.45) is 3.41. The van der Waals surface area contributed by atoms with Crippen LogP contribution in [0.3, 0.4) is 0 Å². The molecular weight excluding hydrogens is 236 g/mol. The standard InChI is InChI=1S/C12H9ClN4/c13-12-16-15-8-17(12)7-10-4-1-3-9-5-2-6-14-11(9)10/h1-6,8H,7H2. The molecule has 0 atom stereocenters. The van der Waals surface area contributed by atoms with Crippen LogP contribution >= 0.6 is 11.6 Å². The van der Waals surface area contributed by atoms with Crippen molar-refractivity contribution in [1.82, 2.24) is 19.7 Å². The van der Waals surface area contributed by atoms with E-state index in [0.29, 0.717) is 11.8 Å². The van der Waals surface area contributed by atoms with Crippen molar-refractivity contribution >= 4 is 22.5 Å². The quantitative estimate of drug-likeness (QED) is 0.696. The van der Waals surface area contributed by atoms with Gasteiger partial charge in [0.15, 0.2) is 0 Å². The molecule has 0 unspecified atom stereocenters. The molecule has 0 spiro atoms. The van der Waals surface area contributed by atoms with Crippen LogP contribution < -0.4 is 0 Å². The summed E-state index contributed by atoms with van der Waals surface area (Å²) in [6.45, 7) is 0.625. The van der Waals surface area contributed by atoms with Crippen LogP contribution in [0.4, 0.5) is 0 Å². The minimum Gasteiger partial charge on any atom is -0.300 e. The second-order valence-electron chi connectivity index (χ2n) is 3.72. The zero-order chi connectivity index (χ0) is 11.7. The van der Waals surface area contributed by atoms with Crippen molar-refractivity contribution in [2.45, 2.75) is 6.54 Å². The van der Waals surface area contributed by atoms with Gasteiger partial charge in [0.2, 0.25) is 5.28 Å². The third-order valence-corrected chi connectivity index (χ3v) is 2.92. The fourth-order valence-electron chi connectivity index (χ4n) is 1.83. The lowest BCUT2D eigenvalue weighted by molar-refractivity contribution is 0.799. The Morgan fingerprint density at radius 1 is 1.18 bits per heavy atom. The summed E-state index contributed by atoms with van der Waals surface area (Å²) in [4.78, 5) is 4.39. The van der Waals surface area contributed by atoms with Gasteiger partial charge in [-0.15, -0.1) is 10.2 Å². The van der Waals surface area contributed by atoms with Crippen molar-refractivity contribution in [3.63, 3.8) is 0 Å². The molecule has 0 radical (unpaired) electrons. The lowest BCUT2D eigenvalue weighted by atomic mass is 10.1. The van der Waals surface area contributed by atoms with Crippen LogP contribution in [0.15, 0.2) is 42.9 Å². The number of hydrogen-bond donors (Lipinski definition) is 0. The van der Waals surface area contributed by atoms with Crippen LogP contribution in [0.2, 0.25) is 5.28 Å². The summed E-state index contributed by atoms with van der Waals surface area (Å²) in [5.74, 6) is 0. The van der Waals surface area contributed by atoms with Crippen LogP contribution in [0, 0.1) is 0 Å². The molecule has 2 aromatic heterocycles. The third-order valence-electron chi connectivity index (χ3n) is 2.63. The number of aromatic nitrogens is 4. The highest BCUT2D eigenvalue weighted by atomic mass is 35.5. The van der Waals surface area contributed by atoms with Crippen LogP contribution in [-0.4, -0.2) is 19.7 Å². The number of nitrogens with zero attached hydrogens (tertiary/aromatic N) is 4. The van der Waals surface area contributed by atoms with Crippen LogP contribution in [0.25, 0.3) is 10.9 Å². The predicted molar refractivity (Wildman–Crippen MR) is 65.9 cm³/mol. The van der Waals surface area contributed by atoms with Crippen molar-refractivity contribution in [2.24, 2.45) is 0 Å². The highest BCUT2D eigenvalue weighted by Gasteiger charge is 2.05. The molecule has 0 amide bonds. The number of rotatable bonds is 2. The molecule has 2 heterocycles. The second kappa shape index (κ2) is 4.14. The van der Waals surface area contributed by atoms with Gasteiger partial charge in [0.25, 0.3) is 0 Å². The molecule has 84 valence electrons. The van der Waals surface area contributed by atoms with Gasteiger partial charge in [-0.05, 0) is 23.2 Å². The molecular formula is C12H9ClN4. The van der Waals surface area contributed by atoms with Gasteiger partial charge >= 0.3 is 0 Å². The van der Waals surface area contributed by atoms with Gasteiger partial charge < -0.3 is 0 Å². The molecule has 4 nitrogen and oxygen atoms in total. The van der Waals surface area contributed by atoms with Gasteiger partial charge in [0.05, 0.1) is 12.1 Å². The number of pyridine rings is 1. The summed E-state index contributed by atoms with van der Waals surface area (Å²) >= 11 is 5.91. The van der Waals surface area contributed by atoms with E-state index in [4.69, 9.17) is 11.6 Å². The Hall–Kier alpha value is -1.94. The first kappa shape index (κ1) is 10.2. The molecule has 17 heavy (non-hydrogen) atoms. The van der Waals surface area contributed by atoms with Gasteiger partial charge in [-0.25, -0.2) is 0 Å². The smallest absolute Gasteiger partial charge is 0.225 e. The monoisotopic (exact) mass is 244 g/mol. The third kappa shape index (κ3) is 1.87. The number of halogens is 1. The predicted octanol–water partition coefficient (Wildman–Crippen LogP) is 2.53. The Balaban J connectivity index is 2.09. The van der Waals surface area contributed by atoms with Gasteiger partial charge in [0.1, 0.15) is 6.33 Å². The first-order valence-corrected chi connectivity index (χ1v) is 5.58. The van der Waals surface area contributed by atoms with Crippen molar-refractivity contribution in [2.75, 3.05) is 0 Å². The Labute approximate surface area is 103 Å². The average molecular weight is 245 g/mol. The minimum atomic E-state index is 0.387. The second-order valence-corrected chi connectivity index (χ2v) is 4.06. The van der Waals surface area contributed by atoms with E-state index >= 15 is 0 Å². The molecule has 3 aromatic rings. The highest BCUT2D eigenvalue weighted by molar-refractivity contribution is 6.28. The molecule has 1 aromatic carbocycles. The Morgan fingerprint density at radius 2 is 2.06 bits per heavy atom. The minimum absolute atomic E-state index is 0.387. The van der Waals surface area contributed by atoms with E-state index in [-0.39, 0.29) is 0 Å². The Kier molecular flexibility index (Phi) is 2.49. The molecule has 0 N–H and O–H groups in total.